The van der Waals surface area contributed by atoms with E-state index in [-0.39, 0.29) is 0 Å². The molecule has 1 aromatic carbocycles. The number of fused-ring (bicyclic) bond motifs is 1. The van der Waals surface area contributed by atoms with E-state index in [0.29, 0.717) is 5.82 Å². The Morgan fingerprint density at radius 1 is 1.11 bits per heavy atom. The van der Waals surface area contributed by atoms with Gasteiger partial charge in [-0.1, -0.05) is 11.6 Å². The molecule has 27 heavy (non-hydrogen) atoms. The molecule has 2 heterocycles. The van der Waals surface area contributed by atoms with Crippen molar-refractivity contribution in [2.24, 2.45) is 5.16 Å². The topological polar surface area (TPSA) is 72.1 Å². The third-order valence-electron chi connectivity index (χ3n) is 5.09. The average molecular weight is 372 g/mol. The van der Waals surface area contributed by atoms with Crippen molar-refractivity contribution < 1.29 is 14.7 Å². The van der Waals surface area contributed by atoms with Gasteiger partial charge in [-0.2, -0.15) is 0 Å². The molecule has 3 rings (SSSR count). The van der Waals surface area contributed by atoms with Crippen LogP contribution in [-0.4, -0.2) is 53.2 Å². The summed E-state index contributed by atoms with van der Waals surface area (Å²) in [5.41, 5.74) is 2.70. The highest BCUT2D eigenvalue weighted by molar-refractivity contribution is 5.74. The molecule has 0 saturated heterocycles. The van der Waals surface area contributed by atoms with Crippen molar-refractivity contribution in [1.29, 1.82) is 0 Å². The molecule has 0 fully saturated rings. The Hall–Kier alpha value is -2.54. The zero-order valence-electron chi connectivity index (χ0n) is 16.1. The zero-order chi connectivity index (χ0) is 19.1. The third kappa shape index (κ3) is 4.80. The number of benzene rings is 1. The van der Waals surface area contributed by atoms with Crippen molar-refractivity contribution in [3.63, 3.8) is 0 Å². The van der Waals surface area contributed by atoms with Crippen molar-refractivity contribution in [1.82, 2.24) is 14.5 Å². The molecule has 0 aliphatic carbocycles. The number of oxime groups is 1. The molecule has 0 unspecified atom stereocenters. The third-order valence-corrected chi connectivity index (χ3v) is 5.09. The number of rotatable bonds is 9. The first-order valence-electron chi connectivity index (χ1n) is 9.40. The molecule has 0 amide bonds. The molecule has 0 radical (unpaired) electrons. The standard InChI is InChI=1S/C20H28N4O3/c1-26-18-12-16-6-10-23(15-17(16)13-19(18)27-2)8-4-3-5-9-24-11-7-21-20(24)14-22-25/h7,11-14,25H,3-6,8-10,15H2,1-2H3/b22-14+. The van der Waals surface area contributed by atoms with Gasteiger partial charge in [-0.3, -0.25) is 4.90 Å². The molecular weight excluding hydrogens is 344 g/mol. The van der Waals surface area contributed by atoms with Gasteiger partial charge < -0.3 is 19.2 Å². The number of methoxy groups -OCH3 is 2. The van der Waals surface area contributed by atoms with Crippen LogP contribution >= 0.6 is 0 Å². The smallest absolute Gasteiger partial charge is 0.161 e. The van der Waals surface area contributed by atoms with E-state index >= 15 is 0 Å². The number of hydrogen-bond donors (Lipinski definition) is 1. The summed E-state index contributed by atoms with van der Waals surface area (Å²) in [6, 6.07) is 4.23. The Labute approximate surface area is 160 Å². The van der Waals surface area contributed by atoms with E-state index < -0.39 is 0 Å². The molecule has 2 aromatic rings. The minimum atomic E-state index is 0.689. The lowest BCUT2D eigenvalue weighted by Gasteiger charge is -2.29. The molecule has 1 N–H and O–H groups in total. The minimum absolute atomic E-state index is 0.689. The molecule has 146 valence electrons. The predicted molar refractivity (Wildman–Crippen MR) is 104 cm³/mol. The number of aryl methyl sites for hydroxylation is 1. The van der Waals surface area contributed by atoms with E-state index in [1.54, 1.807) is 20.4 Å². The maximum Gasteiger partial charge on any atom is 0.161 e. The maximum absolute atomic E-state index is 8.64. The fraction of sp³-hybridized carbons (Fsp3) is 0.500. The first-order valence-corrected chi connectivity index (χ1v) is 9.40. The molecule has 0 saturated carbocycles. The van der Waals surface area contributed by atoms with Gasteiger partial charge in [-0.25, -0.2) is 4.98 Å². The molecule has 7 heteroatoms. The molecule has 0 atom stereocenters. The summed E-state index contributed by atoms with van der Waals surface area (Å²) < 4.78 is 12.9. The Balaban J connectivity index is 1.44. The molecular formula is C20H28N4O3. The van der Waals surface area contributed by atoms with E-state index in [9.17, 15) is 0 Å². The van der Waals surface area contributed by atoms with E-state index in [0.717, 1.165) is 56.9 Å². The van der Waals surface area contributed by atoms with Gasteiger partial charge in [0.25, 0.3) is 0 Å². The summed E-state index contributed by atoms with van der Waals surface area (Å²) in [6.45, 7) is 4.04. The van der Waals surface area contributed by atoms with Gasteiger partial charge in [0.1, 0.15) is 6.21 Å². The molecule has 0 bridgehead atoms. The number of nitrogens with zero attached hydrogens (tertiary/aromatic N) is 4. The average Bonchev–Trinajstić information content (AvgIpc) is 3.13. The van der Waals surface area contributed by atoms with Crippen LogP contribution in [0.3, 0.4) is 0 Å². The van der Waals surface area contributed by atoms with Crippen LogP contribution in [0, 0.1) is 0 Å². The van der Waals surface area contributed by atoms with Crippen molar-refractivity contribution in [2.75, 3.05) is 27.3 Å². The second-order valence-electron chi connectivity index (χ2n) is 6.79. The number of unbranched alkanes of at least 4 members (excludes halogenated alkanes) is 2. The van der Waals surface area contributed by atoms with Crippen molar-refractivity contribution in [3.8, 4) is 11.5 Å². The summed E-state index contributed by atoms with van der Waals surface area (Å²) in [7, 11) is 3.37. The second kappa shape index (κ2) is 9.41. The van der Waals surface area contributed by atoms with Crippen molar-refractivity contribution >= 4 is 6.21 Å². The van der Waals surface area contributed by atoms with Gasteiger partial charge in [0.05, 0.1) is 14.2 Å². The monoisotopic (exact) mass is 372 g/mol. The van der Waals surface area contributed by atoms with Crippen LogP contribution in [0.4, 0.5) is 0 Å². The fourth-order valence-electron chi connectivity index (χ4n) is 3.62. The summed E-state index contributed by atoms with van der Waals surface area (Å²) in [5, 5.41) is 11.7. The molecule has 0 spiro atoms. The second-order valence-corrected chi connectivity index (χ2v) is 6.79. The van der Waals surface area contributed by atoms with E-state index in [4.69, 9.17) is 14.7 Å². The summed E-state index contributed by atoms with van der Waals surface area (Å²) in [5.74, 6) is 2.31. The molecule has 1 aliphatic heterocycles. The molecule has 7 nitrogen and oxygen atoms in total. The molecule has 1 aliphatic rings. The van der Waals surface area contributed by atoms with Crippen LogP contribution in [0.5, 0.6) is 11.5 Å². The number of ether oxygens (including phenoxy) is 2. The Morgan fingerprint density at radius 3 is 2.59 bits per heavy atom. The van der Waals surface area contributed by atoms with E-state index in [1.165, 1.54) is 23.8 Å². The fourth-order valence-corrected chi connectivity index (χ4v) is 3.62. The van der Waals surface area contributed by atoms with E-state index in [1.807, 2.05) is 10.8 Å². The highest BCUT2D eigenvalue weighted by Crippen LogP contribution is 2.33. The van der Waals surface area contributed by atoms with Crippen LogP contribution in [0.15, 0.2) is 29.7 Å². The van der Waals surface area contributed by atoms with Gasteiger partial charge in [-0.05, 0) is 49.1 Å². The summed E-state index contributed by atoms with van der Waals surface area (Å²) >= 11 is 0. The zero-order valence-corrected chi connectivity index (χ0v) is 16.1. The summed E-state index contributed by atoms with van der Waals surface area (Å²) in [6.07, 6.45) is 9.47. The Kier molecular flexibility index (Phi) is 6.70. The summed E-state index contributed by atoms with van der Waals surface area (Å²) in [4.78, 5) is 6.66. The minimum Gasteiger partial charge on any atom is -0.493 e. The van der Waals surface area contributed by atoms with Crippen LogP contribution < -0.4 is 9.47 Å². The van der Waals surface area contributed by atoms with Gasteiger partial charge in [0, 0.05) is 32.0 Å². The number of imidazole rings is 1. The normalized spacial score (nSPS) is 14.4. The van der Waals surface area contributed by atoms with E-state index in [2.05, 4.69) is 27.2 Å². The van der Waals surface area contributed by atoms with Crippen molar-refractivity contribution in [3.05, 3.63) is 41.5 Å². The van der Waals surface area contributed by atoms with Crippen LogP contribution in [0.25, 0.3) is 0 Å². The molecule has 1 aromatic heterocycles. The van der Waals surface area contributed by atoms with Gasteiger partial charge in [-0.15, -0.1) is 0 Å². The van der Waals surface area contributed by atoms with Crippen LogP contribution in [-0.2, 0) is 19.5 Å². The lowest BCUT2D eigenvalue weighted by Crippen LogP contribution is -2.31. The van der Waals surface area contributed by atoms with Crippen LogP contribution in [0.1, 0.15) is 36.2 Å². The lowest BCUT2D eigenvalue weighted by molar-refractivity contribution is 0.246. The first-order chi connectivity index (χ1) is 13.2. The highest BCUT2D eigenvalue weighted by atomic mass is 16.5. The first kappa shape index (κ1) is 19.2. The SMILES string of the molecule is COc1cc2c(cc1OC)CN(CCCCCn1ccnc1/C=N/O)CC2. The number of aromatic nitrogens is 2. The van der Waals surface area contributed by atoms with Crippen molar-refractivity contribution in [2.45, 2.75) is 38.8 Å². The largest absolute Gasteiger partial charge is 0.493 e. The highest BCUT2D eigenvalue weighted by Gasteiger charge is 2.19. The lowest BCUT2D eigenvalue weighted by atomic mass is 9.98. The predicted octanol–water partition coefficient (Wildman–Crippen LogP) is 2.94. The number of hydrogen-bond acceptors (Lipinski definition) is 6. The van der Waals surface area contributed by atoms with Gasteiger partial charge in [0.2, 0.25) is 0 Å². The van der Waals surface area contributed by atoms with Gasteiger partial charge >= 0.3 is 0 Å². The Morgan fingerprint density at radius 2 is 1.85 bits per heavy atom. The van der Waals surface area contributed by atoms with Crippen LogP contribution in [0.2, 0.25) is 0 Å². The van der Waals surface area contributed by atoms with Gasteiger partial charge in [0.15, 0.2) is 17.3 Å². The maximum atomic E-state index is 8.64. The Bertz CT molecular complexity index is 773. The quantitative estimate of drug-likeness (QED) is 0.317.